The van der Waals surface area contributed by atoms with Gasteiger partial charge in [-0.15, -0.1) is 0 Å². The summed E-state index contributed by atoms with van der Waals surface area (Å²) in [5.74, 6) is 0.824. The maximum Gasteiger partial charge on any atom is 0.0503 e. The van der Waals surface area contributed by atoms with E-state index in [4.69, 9.17) is 4.74 Å². The summed E-state index contributed by atoms with van der Waals surface area (Å²) in [7, 11) is 1.81. The Kier molecular flexibility index (Phi) is 2.14. The van der Waals surface area contributed by atoms with Crippen LogP contribution in [-0.2, 0) is 4.74 Å². The van der Waals surface area contributed by atoms with E-state index in [-0.39, 0.29) is 0 Å². The third kappa shape index (κ3) is 1.42. The maximum absolute atomic E-state index is 5.16. The average molecular weight is 155 g/mol. The van der Waals surface area contributed by atoms with E-state index in [0.717, 1.165) is 18.6 Å². The van der Waals surface area contributed by atoms with Crippen molar-refractivity contribution >= 4 is 0 Å². The minimum Gasteiger partial charge on any atom is -0.384 e. The minimum atomic E-state index is 0.824. The Morgan fingerprint density at radius 1 is 1.55 bits per heavy atom. The summed E-state index contributed by atoms with van der Waals surface area (Å²) in [5.41, 5.74) is 0. The van der Waals surface area contributed by atoms with Gasteiger partial charge in [-0.1, -0.05) is 0 Å². The molecule has 2 heteroatoms. The number of nitrogens with zero attached hydrogens (tertiary/aromatic N) is 1. The van der Waals surface area contributed by atoms with Gasteiger partial charge in [0.2, 0.25) is 0 Å². The van der Waals surface area contributed by atoms with E-state index in [9.17, 15) is 0 Å². The normalized spacial score (nSPS) is 37.9. The van der Waals surface area contributed by atoms with Crippen molar-refractivity contribution in [2.45, 2.75) is 25.3 Å². The summed E-state index contributed by atoms with van der Waals surface area (Å²) in [6.07, 6.45) is 4.23. The molecule has 0 spiro atoms. The van der Waals surface area contributed by atoms with Crippen molar-refractivity contribution in [1.29, 1.82) is 0 Å². The third-order valence-electron chi connectivity index (χ3n) is 3.00. The molecule has 0 aromatic heterocycles. The zero-order chi connectivity index (χ0) is 7.68. The molecule has 2 nitrogen and oxygen atoms in total. The maximum atomic E-state index is 5.16. The predicted molar refractivity (Wildman–Crippen MR) is 44.6 cm³/mol. The summed E-state index contributed by atoms with van der Waals surface area (Å²) < 4.78 is 5.16. The fourth-order valence-corrected chi connectivity index (χ4v) is 2.55. The van der Waals surface area contributed by atoms with Gasteiger partial charge < -0.3 is 9.64 Å². The Hall–Kier alpha value is -0.0800. The fourth-order valence-electron chi connectivity index (χ4n) is 2.55. The van der Waals surface area contributed by atoms with E-state index in [1.165, 1.54) is 32.4 Å². The van der Waals surface area contributed by atoms with Gasteiger partial charge >= 0.3 is 0 Å². The van der Waals surface area contributed by atoms with Crippen LogP contribution in [-0.4, -0.2) is 37.7 Å². The second-order valence-corrected chi connectivity index (χ2v) is 3.85. The Balaban J connectivity index is 1.84. The number of rotatable bonds is 2. The van der Waals surface area contributed by atoms with Gasteiger partial charge in [0, 0.05) is 19.7 Å². The topological polar surface area (TPSA) is 12.5 Å². The predicted octanol–water partition coefficient (Wildman–Crippen LogP) is 1.12. The lowest BCUT2D eigenvalue weighted by Crippen LogP contribution is -2.22. The first-order valence-electron chi connectivity index (χ1n) is 4.63. The highest BCUT2D eigenvalue weighted by Crippen LogP contribution is 2.31. The van der Waals surface area contributed by atoms with Gasteiger partial charge in [0.05, 0.1) is 6.61 Å². The molecule has 0 aliphatic carbocycles. The summed E-state index contributed by atoms with van der Waals surface area (Å²) in [6, 6.07) is 0.912. The molecule has 2 aliphatic rings. The highest BCUT2D eigenvalue weighted by Gasteiger charge is 2.34. The largest absolute Gasteiger partial charge is 0.384 e. The van der Waals surface area contributed by atoms with E-state index in [1.54, 1.807) is 0 Å². The van der Waals surface area contributed by atoms with Gasteiger partial charge in [0.15, 0.2) is 0 Å². The molecule has 64 valence electrons. The summed E-state index contributed by atoms with van der Waals surface area (Å²) in [4.78, 5) is 2.63. The van der Waals surface area contributed by atoms with Crippen LogP contribution in [0.3, 0.4) is 0 Å². The molecule has 0 amide bonds. The van der Waals surface area contributed by atoms with Crippen molar-refractivity contribution in [2.24, 2.45) is 5.92 Å². The van der Waals surface area contributed by atoms with Gasteiger partial charge in [0.25, 0.3) is 0 Å². The van der Waals surface area contributed by atoms with E-state index in [1.807, 2.05) is 7.11 Å². The highest BCUT2D eigenvalue weighted by molar-refractivity contribution is 4.89. The van der Waals surface area contributed by atoms with Crippen molar-refractivity contribution < 1.29 is 4.74 Å². The van der Waals surface area contributed by atoms with Gasteiger partial charge in [-0.25, -0.2) is 0 Å². The smallest absolute Gasteiger partial charge is 0.0503 e. The number of methoxy groups -OCH3 is 1. The molecule has 2 atom stereocenters. The first-order chi connectivity index (χ1) is 5.40. The summed E-state index contributed by atoms with van der Waals surface area (Å²) in [5, 5.41) is 0. The van der Waals surface area contributed by atoms with Crippen LogP contribution in [0.25, 0.3) is 0 Å². The van der Waals surface area contributed by atoms with Crippen molar-refractivity contribution in [3.8, 4) is 0 Å². The zero-order valence-corrected chi connectivity index (χ0v) is 7.25. The molecule has 2 heterocycles. The lowest BCUT2D eigenvalue weighted by Gasteiger charge is -2.12. The molecule has 0 N–H and O–H groups in total. The van der Waals surface area contributed by atoms with Crippen molar-refractivity contribution in [2.75, 3.05) is 26.8 Å². The molecular formula is C9H17NO. The lowest BCUT2D eigenvalue weighted by atomic mass is 10.0. The lowest BCUT2D eigenvalue weighted by molar-refractivity contribution is 0.153. The molecule has 2 unspecified atom stereocenters. The van der Waals surface area contributed by atoms with Crippen LogP contribution in [0, 0.1) is 5.92 Å². The van der Waals surface area contributed by atoms with Crippen molar-refractivity contribution in [3.05, 3.63) is 0 Å². The molecule has 2 aliphatic heterocycles. The van der Waals surface area contributed by atoms with Crippen LogP contribution in [0.5, 0.6) is 0 Å². The van der Waals surface area contributed by atoms with Crippen LogP contribution in [0.1, 0.15) is 19.3 Å². The molecule has 2 fully saturated rings. The van der Waals surface area contributed by atoms with Gasteiger partial charge in [-0.2, -0.15) is 0 Å². The van der Waals surface area contributed by atoms with Crippen LogP contribution in [0.15, 0.2) is 0 Å². The average Bonchev–Trinajstić information content (AvgIpc) is 2.46. The van der Waals surface area contributed by atoms with Crippen molar-refractivity contribution in [1.82, 2.24) is 4.90 Å². The molecule has 0 saturated carbocycles. The Morgan fingerprint density at radius 3 is 3.18 bits per heavy atom. The van der Waals surface area contributed by atoms with E-state index in [2.05, 4.69) is 4.90 Å². The fraction of sp³-hybridized carbons (Fsp3) is 1.00. The number of ether oxygens (including phenoxy) is 1. The molecule has 11 heavy (non-hydrogen) atoms. The molecule has 0 radical (unpaired) electrons. The van der Waals surface area contributed by atoms with Crippen LogP contribution >= 0.6 is 0 Å². The second kappa shape index (κ2) is 3.11. The highest BCUT2D eigenvalue weighted by atomic mass is 16.5. The van der Waals surface area contributed by atoms with Crippen LogP contribution < -0.4 is 0 Å². The number of hydrogen-bond donors (Lipinski definition) is 0. The summed E-state index contributed by atoms with van der Waals surface area (Å²) in [6.45, 7) is 3.59. The van der Waals surface area contributed by atoms with E-state index >= 15 is 0 Å². The SMILES string of the molecule is COCC1CC2CCCN2C1. The number of fused-ring (bicyclic) bond motifs is 1. The molecule has 0 aromatic rings. The monoisotopic (exact) mass is 155 g/mol. The van der Waals surface area contributed by atoms with Gasteiger partial charge in [-0.05, 0) is 31.7 Å². The Labute approximate surface area is 68.5 Å². The molecule has 2 rings (SSSR count). The number of hydrogen-bond acceptors (Lipinski definition) is 2. The van der Waals surface area contributed by atoms with Gasteiger partial charge in [-0.3, -0.25) is 0 Å². The third-order valence-corrected chi connectivity index (χ3v) is 3.00. The standard InChI is InChI=1S/C9H17NO/c1-11-7-8-5-9-3-2-4-10(9)6-8/h8-9H,2-7H2,1H3. The van der Waals surface area contributed by atoms with Crippen LogP contribution in [0.4, 0.5) is 0 Å². The second-order valence-electron chi connectivity index (χ2n) is 3.85. The molecular weight excluding hydrogens is 138 g/mol. The zero-order valence-electron chi connectivity index (χ0n) is 7.25. The minimum absolute atomic E-state index is 0.824. The first-order valence-corrected chi connectivity index (χ1v) is 4.63. The van der Waals surface area contributed by atoms with E-state index < -0.39 is 0 Å². The summed E-state index contributed by atoms with van der Waals surface area (Å²) >= 11 is 0. The quantitative estimate of drug-likeness (QED) is 0.592. The Morgan fingerprint density at radius 2 is 2.45 bits per heavy atom. The van der Waals surface area contributed by atoms with Crippen molar-refractivity contribution in [3.63, 3.8) is 0 Å². The first kappa shape index (κ1) is 7.56. The molecule has 0 bridgehead atoms. The Bertz CT molecular complexity index is 126. The molecule has 2 saturated heterocycles. The van der Waals surface area contributed by atoms with Crippen LogP contribution in [0.2, 0.25) is 0 Å². The molecule has 0 aromatic carbocycles. The van der Waals surface area contributed by atoms with E-state index in [0.29, 0.717) is 0 Å². The van der Waals surface area contributed by atoms with Gasteiger partial charge in [0.1, 0.15) is 0 Å².